The Morgan fingerprint density at radius 3 is 2.62 bits per heavy atom. The molecule has 0 radical (unpaired) electrons. The number of rotatable bonds is 3. The van der Waals surface area contributed by atoms with E-state index in [9.17, 15) is 4.79 Å². The summed E-state index contributed by atoms with van der Waals surface area (Å²) in [5.41, 5.74) is 0. The van der Waals surface area contributed by atoms with Gasteiger partial charge in [0.15, 0.2) is 5.76 Å². The Balaban J connectivity index is 2.96. The highest BCUT2D eigenvalue weighted by molar-refractivity contribution is 6.20. The molecule has 0 spiro atoms. The van der Waals surface area contributed by atoms with E-state index in [4.69, 9.17) is 21.1 Å². The van der Waals surface area contributed by atoms with Crippen LogP contribution in [0, 0.1) is 5.92 Å². The van der Waals surface area contributed by atoms with Gasteiger partial charge in [-0.2, -0.15) is 0 Å². The van der Waals surface area contributed by atoms with Crippen LogP contribution in [-0.2, 0) is 14.3 Å². The molecule has 1 aliphatic carbocycles. The second kappa shape index (κ2) is 4.33. The molecule has 0 aromatic heterocycles. The van der Waals surface area contributed by atoms with E-state index in [0.717, 1.165) is 0 Å². The second-order valence-electron chi connectivity index (χ2n) is 2.59. The van der Waals surface area contributed by atoms with Crippen LogP contribution >= 0.6 is 11.6 Å². The van der Waals surface area contributed by atoms with Gasteiger partial charge >= 0.3 is 0 Å². The first-order valence-electron chi connectivity index (χ1n) is 3.85. The summed E-state index contributed by atoms with van der Waals surface area (Å²) in [5, 5.41) is 0. The highest BCUT2D eigenvalue weighted by atomic mass is 35.5. The van der Waals surface area contributed by atoms with Crippen molar-refractivity contribution in [1.82, 2.24) is 0 Å². The molecule has 1 rings (SSSR count). The number of carbonyl (C=O) groups is 1. The Kier molecular flexibility index (Phi) is 3.37. The third kappa shape index (κ3) is 1.86. The fourth-order valence-corrected chi connectivity index (χ4v) is 1.38. The van der Waals surface area contributed by atoms with Gasteiger partial charge in [-0.25, -0.2) is 0 Å². The Morgan fingerprint density at radius 1 is 1.46 bits per heavy atom. The maximum Gasteiger partial charge on any atom is 0.209 e. The van der Waals surface area contributed by atoms with Crippen LogP contribution < -0.4 is 0 Å². The lowest BCUT2D eigenvalue weighted by atomic mass is 9.99. The first kappa shape index (κ1) is 10.1. The van der Waals surface area contributed by atoms with Gasteiger partial charge < -0.3 is 9.47 Å². The normalized spacial score (nSPS) is 22.1. The van der Waals surface area contributed by atoms with Gasteiger partial charge in [0.25, 0.3) is 0 Å². The fraction of sp³-hybridized carbons (Fsp3) is 0.444. The number of carbonyl (C=O) groups excluding carboxylic acids is 1. The van der Waals surface area contributed by atoms with Crippen LogP contribution in [0.4, 0.5) is 0 Å². The average Bonchev–Trinajstić information content (AvgIpc) is 2.17. The number of methoxy groups -OCH3 is 2. The summed E-state index contributed by atoms with van der Waals surface area (Å²) in [6.07, 6.45) is 3.42. The predicted molar refractivity (Wildman–Crippen MR) is 49.4 cm³/mol. The lowest BCUT2D eigenvalue weighted by molar-refractivity contribution is -0.120. The number of hydrogen-bond acceptors (Lipinski definition) is 3. The van der Waals surface area contributed by atoms with E-state index in [1.807, 2.05) is 0 Å². The van der Waals surface area contributed by atoms with E-state index < -0.39 is 0 Å². The van der Waals surface area contributed by atoms with E-state index in [1.54, 1.807) is 12.2 Å². The van der Waals surface area contributed by atoms with Gasteiger partial charge in [-0.3, -0.25) is 4.79 Å². The number of hydrogen-bond donors (Lipinski definition) is 0. The van der Waals surface area contributed by atoms with Crippen LogP contribution in [0.25, 0.3) is 0 Å². The molecule has 0 saturated carbocycles. The van der Waals surface area contributed by atoms with Crippen LogP contribution in [-0.4, -0.2) is 25.9 Å². The van der Waals surface area contributed by atoms with Crippen LogP contribution in [0.1, 0.15) is 0 Å². The number of alkyl halides is 1. The number of ketones is 1. The third-order valence-corrected chi connectivity index (χ3v) is 2.19. The molecule has 0 amide bonds. The van der Waals surface area contributed by atoms with Crippen LogP contribution in [0.2, 0.25) is 0 Å². The molecule has 1 aliphatic rings. The van der Waals surface area contributed by atoms with Crippen molar-refractivity contribution < 1.29 is 14.3 Å². The fourth-order valence-electron chi connectivity index (χ4n) is 1.14. The Bertz CT molecular complexity index is 268. The molecule has 0 N–H and O–H groups in total. The largest absolute Gasteiger partial charge is 0.493 e. The molecule has 0 aliphatic heterocycles. The zero-order valence-corrected chi connectivity index (χ0v) is 8.30. The third-order valence-electron chi connectivity index (χ3n) is 1.85. The molecule has 0 aromatic carbocycles. The molecule has 72 valence electrons. The number of halogens is 1. The summed E-state index contributed by atoms with van der Waals surface area (Å²) in [5.74, 6) is 0.538. The average molecular weight is 203 g/mol. The van der Waals surface area contributed by atoms with Gasteiger partial charge in [0, 0.05) is 5.88 Å². The molecular weight excluding hydrogens is 192 g/mol. The first-order chi connectivity index (χ1) is 6.24. The highest BCUT2D eigenvalue weighted by Gasteiger charge is 2.26. The monoisotopic (exact) mass is 202 g/mol. The van der Waals surface area contributed by atoms with Crippen molar-refractivity contribution in [2.24, 2.45) is 5.92 Å². The molecule has 0 heterocycles. The lowest BCUT2D eigenvalue weighted by Gasteiger charge is -2.17. The van der Waals surface area contributed by atoms with Crippen molar-refractivity contribution in [3.63, 3.8) is 0 Å². The maximum atomic E-state index is 11.6. The molecule has 1 atom stereocenters. The molecule has 0 fully saturated rings. The van der Waals surface area contributed by atoms with Crippen molar-refractivity contribution in [3.05, 3.63) is 23.7 Å². The quantitative estimate of drug-likeness (QED) is 0.651. The maximum absolute atomic E-state index is 11.6. The topological polar surface area (TPSA) is 35.5 Å². The molecule has 0 aromatic rings. The minimum atomic E-state index is -0.296. The summed E-state index contributed by atoms with van der Waals surface area (Å²) >= 11 is 5.60. The minimum Gasteiger partial charge on any atom is -0.493 e. The number of Topliss-reactive ketones (excluding diaryl/α,β-unsaturated/α-hetero) is 1. The summed E-state index contributed by atoms with van der Waals surface area (Å²) in [4.78, 5) is 11.6. The number of allylic oxidation sites excluding steroid dienone is 3. The van der Waals surface area contributed by atoms with Crippen molar-refractivity contribution in [3.8, 4) is 0 Å². The highest BCUT2D eigenvalue weighted by Crippen LogP contribution is 2.21. The Morgan fingerprint density at radius 2 is 2.15 bits per heavy atom. The molecule has 1 unspecified atom stereocenters. The van der Waals surface area contributed by atoms with E-state index in [1.165, 1.54) is 14.2 Å². The van der Waals surface area contributed by atoms with Gasteiger partial charge in [-0.1, -0.05) is 6.08 Å². The molecule has 4 heteroatoms. The van der Waals surface area contributed by atoms with E-state index in [-0.39, 0.29) is 23.3 Å². The summed E-state index contributed by atoms with van der Waals surface area (Å²) in [6.45, 7) is 0. The second-order valence-corrected chi connectivity index (χ2v) is 2.89. The SMILES string of the molecule is COC1=C(OC)C(=O)C(CCl)C=C1. The molecular formula is C9H11ClO3. The zero-order chi connectivity index (χ0) is 9.84. The van der Waals surface area contributed by atoms with Gasteiger partial charge in [0.1, 0.15) is 0 Å². The first-order valence-corrected chi connectivity index (χ1v) is 4.38. The van der Waals surface area contributed by atoms with E-state index >= 15 is 0 Å². The summed E-state index contributed by atoms with van der Waals surface area (Å²) in [7, 11) is 2.93. The van der Waals surface area contributed by atoms with Crippen molar-refractivity contribution in [2.75, 3.05) is 20.1 Å². The lowest BCUT2D eigenvalue weighted by Crippen LogP contribution is -2.22. The Hall–Kier alpha value is -0.960. The van der Waals surface area contributed by atoms with Crippen LogP contribution in [0.5, 0.6) is 0 Å². The van der Waals surface area contributed by atoms with Crippen LogP contribution in [0.3, 0.4) is 0 Å². The predicted octanol–water partition coefficient (Wildman–Crippen LogP) is 1.48. The van der Waals surface area contributed by atoms with Gasteiger partial charge in [0.05, 0.1) is 20.1 Å². The van der Waals surface area contributed by atoms with Gasteiger partial charge in [-0.05, 0) is 6.08 Å². The standard InChI is InChI=1S/C9H11ClO3/c1-12-7-4-3-6(5-10)8(11)9(7)13-2/h3-4,6H,5H2,1-2H3. The molecule has 13 heavy (non-hydrogen) atoms. The van der Waals surface area contributed by atoms with Crippen LogP contribution in [0.15, 0.2) is 23.7 Å². The van der Waals surface area contributed by atoms with E-state index in [2.05, 4.69) is 0 Å². The Labute approximate surface area is 82.0 Å². The summed E-state index contributed by atoms with van der Waals surface area (Å²) in [6, 6.07) is 0. The van der Waals surface area contributed by atoms with Crippen molar-refractivity contribution in [1.29, 1.82) is 0 Å². The van der Waals surface area contributed by atoms with E-state index in [0.29, 0.717) is 5.76 Å². The van der Waals surface area contributed by atoms with Crippen molar-refractivity contribution in [2.45, 2.75) is 0 Å². The zero-order valence-electron chi connectivity index (χ0n) is 7.54. The molecule has 0 bridgehead atoms. The summed E-state index contributed by atoms with van der Waals surface area (Å²) < 4.78 is 9.90. The smallest absolute Gasteiger partial charge is 0.209 e. The molecule has 3 nitrogen and oxygen atoms in total. The van der Waals surface area contributed by atoms with Gasteiger partial charge in [-0.15, -0.1) is 11.6 Å². The number of ether oxygens (including phenoxy) is 2. The minimum absolute atomic E-state index is 0.128. The van der Waals surface area contributed by atoms with Crippen molar-refractivity contribution >= 4 is 17.4 Å². The molecule has 0 saturated heterocycles. The van der Waals surface area contributed by atoms with Gasteiger partial charge in [0.2, 0.25) is 11.5 Å².